The Hall–Kier alpha value is -3.34. The van der Waals surface area contributed by atoms with Crippen molar-refractivity contribution in [3.63, 3.8) is 0 Å². The largest absolute Gasteiger partial charge is 0.493 e. The molecular weight excluding hydrogens is 338 g/mol. The average Bonchev–Trinajstić information content (AvgIpc) is 2.68. The number of amides is 1. The lowest BCUT2D eigenvalue weighted by Crippen LogP contribution is -2.15. The van der Waals surface area contributed by atoms with Crippen LogP contribution in [-0.2, 0) is 4.79 Å². The van der Waals surface area contributed by atoms with Crippen molar-refractivity contribution >= 4 is 23.1 Å². The van der Waals surface area contributed by atoms with E-state index in [-0.39, 0.29) is 12.3 Å². The Balaban J connectivity index is 1.50. The summed E-state index contributed by atoms with van der Waals surface area (Å²) in [6.45, 7) is 4.48. The van der Waals surface area contributed by atoms with Gasteiger partial charge in [-0.15, -0.1) is 0 Å². The molecule has 0 aliphatic rings. The molecule has 1 aromatic heterocycles. The minimum absolute atomic E-state index is 0.108. The molecule has 3 rings (SSSR count). The molecule has 0 atom stereocenters. The quantitative estimate of drug-likeness (QED) is 0.631. The summed E-state index contributed by atoms with van der Waals surface area (Å²) in [6, 6.07) is 19.2. The van der Waals surface area contributed by atoms with Crippen LogP contribution >= 0.6 is 0 Å². The summed E-state index contributed by atoms with van der Waals surface area (Å²) in [4.78, 5) is 16.4. The van der Waals surface area contributed by atoms with Gasteiger partial charge in [0.15, 0.2) is 0 Å². The number of benzene rings is 2. The lowest BCUT2D eigenvalue weighted by Gasteiger charge is -2.11. The summed E-state index contributed by atoms with van der Waals surface area (Å²) in [6.07, 6.45) is 1.92. The molecule has 0 aliphatic carbocycles. The van der Waals surface area contributed by atoms with Gasteiger partial charge in [0.1, 0.15) is 11.6 Å². The van der Waals surface area contributed by atoms with Gasteiger partial charge >= 0.3 is 0 Å². The van der Waals surface area contributed by atoms with Gasteiger partial charge in [-0.05, 0) is 55.3 Å². The number of hydrogen-bond acceptors (Lipinski definition) is 4. The number of nitrogens with one attached hydrogen (secondary N) is 2. The molecule has 0 bridgehead atoms. The molecule has 0 fully saturated rings. The number of aromatic nitrogens is 1. The van der Waals surface area contributed by atoms with Crippen LogP contribution in [0.2, 0.25) is 0 Å². The molecule has 0 aliphatic heterocycles. The summed E-state index contributed by atoms with van der Waals surface area (Å²) < 4.78 is 5.53. The highest BCUT2D eigenvalue weighted by Gasteiger charge is 2.05. The van der Waals surface area contributed by atoms with Crippen LogP contribution in [0.25, 0.3) is 0 Å². The molecule has 27 heavy (non-hydrogen) atoms. The Kier molecular flexibility index (Phi) is 6.05. The van der Waals surface area contributed by atoms with Crippen molar-refractivity contribution in [1.29, 1.82) is 0 Å². The smallest absolute Gasteiger partial charge is 0.227 e. The number of aryl methyl sites for hydroxylation is 1. The fraction of sp³-hybridized carbons (Fsp3) is 0.182. The zero-order valence-corrected chi connectivity index (χ0v) is 15.5. The first kappa shape index (κ1) is 18.5. The number of ether oxygens (including phenoxy) is 1. The highest BCUT2D eigenvalue weighted by Crippen LogP contribution is 2.22. The molecule has 138 valence electrons. The summed E-state index contributed by atoms with van der Waals surface area (Å²) in [5.74, 6) is 1.38. The van der Waals surface area contributed by atoms with E-state index in [1.165, 1.54) is 11.1 Å². The van der Waals surface area contributed by atoms with E-state index < -0.39 is 0 Å². The zero-order chi connectivity index (χ0) is 19.1. The molecule has 5 nitrogen and oxygen atoms in total. The fourth-order valence-electron chi connectivity index (χ4n) is 2.57. The molecular formula is C22H23N3O2. The van der Waals surface area contributed by atoms with E-state index in [1.54, 1.807) is 6.20 Å². The van der Waals surface area contributed by atoms with Crippen molar-refractivity contribution in [2.24, 2.45) is 0 Å². The topological polar surface area (TPSA) is 63.2 Å². The number of para-hydroxylation sites is 1. The van der Waals surface area contributed by atoms with E-state index >= 15 is 0 Å². The number of carbonyl (C=O) groups is 1. The minimum Gasteiger partial charge on any atom is -0.493 e. The standard InChI is InChI=1S/C22H23N3O2/c1-16-7-6-10-20(17(16)2)25-21-12-11-18(15-23-21)24-22(26)13-14-27-19-8-4-3-5-9-19/h3-12,15H,13-14H2,1-2H3,(H,23,25)(H,24,26). The minimum atomic E-state index is -0.108. The number of rotatable bonds is 7. The predicted octanol–water partition coefficient (Wildman–Crippen LogP) is 4.85. The lowest BCUT2D eigenvalue weighted by molar-refractivity contribution is -0.116. The molecule has 0 radical (unpaired) electrons. The van der Waals surface area contributed by atoms with Crippen LogP contribution in [0, 0.1) is 13.8 Å². The zero-order valence-electron chi connectivity index (χ0n) is 15.5. The van der Waals surface area contributed by atoms with Gasteiger partial charge in [-0.2, -0.15) is 0 Å². The summed E-state index contributed by atoms with van der Waals surface area (Å²) in [7, 11) is 0. The van der Waals surface area contributed by atoms with Crippen molar-refractivity contribution in [1.82, 2.24) is 4.98 Å². The number of nitrogens with zero attached hydrogens (tertiary/aromatic N) is 1. The lowest BCUT2D eigenvalue weighted by atomic mass is 10.1. The van der Waals surface area contributed by atoms with Gasteiger partial charge in [0, 0.05) is 5.69 Å². The maximum absolute atomic E-state index is 12.0. The van der Waals surface area contributed by atoms with Crippen LogP contribution in [0.3, 0.4) is 0 Å². The third-order valence-corrected chi connectivity index (χ3v) is 4.26. The fourth-order valence-corrected chi connectivity index (χ4v) is 2.57. The number of pyridine rings is 1. The van der Waals surface area contributed by atoms with Crippen molar-refractivity contribution in [3.05, 3.63) is 78.0 Å². The molecule has 2 aromatic carbocycles. The number of hydrogen-bond donors (Lipinski definition) is 2. The Morgan fingerprint density at radius 2 is 1.81 bits per heavy atom. The average molecular weight is 361 g/mol. The first-order valence-electron chi connectivity index (χ1n) is 8.89. The van der Waals surface area contributed by atoms with Crippen molar-refractivity contribution in [2.75, 3.05) is 17.2 Å². The first-order valence-corrected chi connectivity index (χ1v) is 8.89. The molecule has 0 unspecified atom stereocenters. The van der Waals surface area contributed by atoms with Crippen LogP contribution < -0.4 is 15.4 Å². The Bertz CT molecular complexity index is 893. The van der Waals surface area contributed by atoms with Crippen molar-refractivity contribution in [2.45, 2.75) is 20.3 Å². The maximum Gasteiger partial charge on any atom is 0.227 e. The van der Waals surface area contributed by atoms with Crippen LogP contribution in [0.15, 0.2) is 66.9 Å². The number of anilines is 3. The normalized spacial score (nSPS) is 10.3. The second-order valence-corrected chi connectivity index (χ2v) is 6.26. The second kappa shape index (κ2) is 8.85. The van der Waals surface area contributed by atoms with E-state index in [0.717, 1.165) is 17.3 Å². The Morgan fingerprint density at radius 3 is 2.56 bits per heavy atom. The summed E-state index contributed by atoms with van der Waals surface area (Å²) in [5, 5.41) is 6.13. The van der Waals surface area contributed by atoms with Gasteiger partial charge in [0.2, 0.25) is 5.91 Å². The van der Waals surface area contributed by atoms with E-state index in [0.29, 0.717) is 12.3 Å². The molecule has 0 spiro atoms. The van der Waals surface area contributed by atoms with Crippen molar-refractivity contribution in [3.8, 4) is 5.75 Å². The Morgan fingerprint density at radius 1 is 1.00 bits per heavy atom. The SMILES string of the molecule is Cc1cccc(Nc2ccc(NC(=O)CCOc3ccccc3)cn2)c1C. The van der Waals surface area contributed by atoms with Gasteiger partial charge in [-0.1, -0.05) is 30.3 Å². The third kappa shape index (κ3) is 5.31. The molecule has 1 heterocycles. The molecule has 1 amide bonds. The summed E-state index contributed by atoms with van der Waals surface area (Å²) >= 11 is 0. The van der Waals surface area contributed by atoms with Gasteiger partial charge in [0.05, 0.1) is 24.9 Å². The summed E-state index contributed by atoms with van der Waals surface area (Å²) in [5.41, 5.74) is 4.10. The van der Waals surface area contributed by atoms with E-state index in [9.17, 15) is 4.79 Å². The number of carbonyl (C=O) groups excluding carboxylic acids is 1. The van der Waals surface area contributed by atoms with Gasteiger partial charge in [-0.25, -0.2) is 4.98 Å². The highest BCUT2D eigenvalue weighted by molar-refractivity contribution is 5.90. The van der Waals surface area contributed by atoms with E-state index in [4.69, 9.17) is 4.74 Å². The van der Waals surface area contributed by atoms with Crippen LogP contribution in [0.1, 0.15) is 17.5 Å². The van der Waals surface area contributed by atoms with Gasteiger partial charge in [0.25, 0.3) is 0 Å². The maximum atomic E-state index is 12.0. The van der Waals surface area contributed by atoms with Crippen LogP contribution in [-0.4, -0.2) is 17.5 Å². The second-order valence-electron chi connectivity index (χ2n) is 6.26. The molecule has 0 saturated heterocycles. The van der Waals surface area contributed by atoms with Gasteiger partial charge < -0.3 is 15.4 Å². The molecule has 5 heteroatoms. The predicted molar refractivity (Wildman–Crippen MR) is 109 cm³/mol. The monoisotopic (exact) mass is 361 g/mol. The molecule has 3 aromatic rings. The van der Waals surface area contributed by atoms with Crippen LogP contribution in [0.5, 0.6) is 5.75 Å². The Labute approximate surface area is 159 Å². The highest BCUT2D eigenvalue weighted by atomic mass is 16.5. The van der Waals surface area contributed by atoms with Crippen LogP contribution in [0.4, 0.5) is 17.2 Å². The van der Waals surface area contributed by atoms with E-state index in [1.807, 2.05) is 54.6 Å². The van der Waals surface area contributed by atoms with E-state index in [2.05, 4.69) is 35.5 Å². The van der Waals surface area contributed by atoms with Crippen molar-refractivity contribution < 1.29 is 9.53 Å². The van der Waals surface area contributed by atoms with Gasteiger partial charge in [-0.3, -0.25) is 4.79 Å². The first-order chi connectivity index (χ1) is 13.1. The molecule has 0 saturated carbocycles. The third-order valence-electron chi connectivity index (χ3n) is 4.26. The molecule has 2 N–H and O–H groups in total.